The fourth-order valence-electron chi connectivity index (χ4n) is 6.63. The average molecular weight is 687 g/mol. The Morgan fingerprint density at radius 1 is 0.920 bits per heavy atom. The second-order valence-corrected chi connectivity index (χ2v) is 14.0. The zero-order valence-electron chi connectivity index (χ0n) is 28.5. The topological polar surface area (TPSA) is 96.7 Å². The summed E-state index contributed by atoms with van der Waals surface area (Å²) in [5.41, 5.74) is 8.75. The number of esters is 1. The van der Waals surface area contributed by atoms with Crippen molar-refractivity contribution in [3.05, 3.63) is 149 Å². The molecule has 0 N–H and O–H groups in total. The van der Waals surface area contributed by atoms with Crippen molar-refractivity contribution in [1.29, 1.82) is 5.26 Å². The summed E-state index contributed by atoms with van der Waals surface area (Å²) in [6, 6.07) is 38.0. The van der Waals surface area contributed by atoms with Crippen molar-refractivity contribution in [3.63, 3.8) is 0 Å². The Labute approximate surface area is 295 Å². The Morgan fingerprint density at radius 3 is 2.14 bits per heavy atom. The molecule has 8 heteroatoms. The Morgan fingerprint density at radius 2 is 1.54 bits per heavy atom. The van der Waals surface area contributed by atoms with E-state index in [-0.39, 0.29) is 24.4 Å². The summed E-state index contributed by atoms with van der Waals surface area (Å²) < 4.78 is 32.5. The number of benzene rings is 4. The Hall–Kier alpha value is -5.23. The molecule has 0 saturated heterocycles. The number of rotatable bonds is 11. The van der Waals surface area contributed by atoms with E-state index in [1.54, 1.807) is 12.2 Å². The van der Waals surface area contributed by atoms with Crippen LogP contribution in [0.15, 0.2) is 121 Å². The Balaban J connectivity index is 0.00000156. The molecule has 2 aliphatic rings. The summed E-state index contributed by atoms with van der Waals surface area (Å²) in [7, 11) is -2.55. The number of allylic oxidation sites excluding steroid dienone is 1. The van der Waals surface area contributed by atoms with Gasteiger partial charge in [0, 0.05) is 23.3 Å². The molecule has 6 rings (SSSR count). The molecule has 1 aliphatic heterocycles. The predicted molar refractivity (Wildman–Crippen MR) is 201 cm³/mol. The van der Waals surface area contributed by atoms with E-state index in [4.69, 9.17) is 4.74 Å². The van der Waals surface area contributed by atoms with E-state index in [1.807, 2.05) is 31.2 Å². The maximum absolute atomic E-state index is 12.6. The molecule has 0 radical (unpaired) electrons. The van der Waals surface area contributed by atoms with Crippen LogP contribution in [-0.2, 0) is 23.8 Å². The molecule has 7 nitrogen and oxygen atoms in total. The van der Waals surface area contributed by atoms with E-state index >= 15 is 0 Å². The number of anilines is 2. The monoisotopic (exact) mass is 686 g/mol. The van der Waals surface area contributed by atoms with Crippen LogP contribution in [-0.4, -0.2) is 39.9 Å². The molecule has 50 heavy (non-hydrogen) atoms. The first kappa shape index (κ1) is 36.1. The van der Waals surface area contributed by atoms with Gasteiger partial charge in [-0.15, -0.1) is 6.58 Å². The molecule has 1 fully saturated rings. The van der Waals surface area contributed by atoms with Crippen molar-refractivity contribution in [3.8, 4) is 6.07 Å². The van der Waals surface area contributed by atoms with Gasteiger partial charge in [-0.05, 0) is 96.0 Å². The van der Waals surface area contributed by atoms with Gasteiger partial charge in [-0.2, -0.15) is 13.7 Å². The highest BCUT2D eigenvalue weighted by molar-refractivity contribution is 7.86. The van der Waals surface area contributed by atoms with Crippen LogP contribution in [0.1, 0.15) is 66.3 Å². The van der Waals surface area contributed by atoms with Gasteiger partial charge in [-0.25, -0.2) is 4.79 Å². The van der Waals surface area contributed by atoms with Crippen LogP contribution in [0.4, 0.5) is 11.4 Å². The van der Waals surface area contributed by atoms with Gasteiger partial charge in [0.1, 0.15) is 11.6 Å². The molecular formula is C42H42N2O5S. The third-order valence-electron chi connectivity index (χ3n) is 8.85. The lowest BCUT2D eigenvalue weighted by molar-refractivity contribution is -0.138. The molecular weight excluding hydrogens is 645 g/mol. The van der Waals surface area contributed by atoms with Gasteiger partial charge in [0.05, 0.1) is 19.5 Å². The lowest BCUT2D eigenvalue weighted by Gasteiger charge is -2.27. The van der Waals surface area contributed by atoms with Crippen LogP contribution in [0.3, 0.4) is 0 Å². The fourth-order valence-corrected chi connectivity index (χ4v) is 7.27. The summed E-state index contributed by atoms with van der Waals surface area (Å²) >= 11 is 0. The van der Waals surface area contributed by atoms with Crippen LogP contribution in [0.2, 0.25) is 0 Å². The molecule has 1 saturated carbocycles. The number of fused-ring (bicyclic) bond motifs is 3. The van der Waals surface area contributed by atoms with E-state index in [0.29, 0.717) is 12.0 Å². The Kier molecular flexibility index (Phi) is 12.2. The highest BCUT2D eigenvalue weighted by atomic mass is 32.2. The minimum absolute atomic E-state index is 0.0802. The smallest absolute Gasteiger partial charge is 0.348 e. The number of ether oxygens (including phenoxy) is 1. The molecule has 0 spiro atoms. The van der Waals surface area contributed by atoms with Crippen molar-refractivity contribution >= 4 is 45.2 Å². The molecule has 4 aromatic rings. The first-order valence-corrected chi connectivity index (χ1v) is 18.4. The van der Waals surface area contributed by atoms with Crippen molar-refractivity contribution in [2.75, 3.05) is 24.4 Å². The second kappa shape index (κ2) is 16.9. The molecule has 1 aliphatic carbocycles. The van der Waals surface area contributed by atoms with E-state index in [9.17, 15) is 18.5 Å². The van der Waals surface area contributed by atoms with Crippen LogP contribution in [0, 0.1) is 11.3 Å². The number of nitriles is 1. The number of nitrogens with zero attached hydrogens (tertiary/aromatic N) is 2. The molecule has 2 unspecified atom stereocenters. The number of carbonyl (C=O) groups excluding carboxylic acids is 1. The van der Waals surface area contributed by atoms with E-state index in [1.165, 1.54) is 22.3 Å². The molecule has 4 aromatic carbocycles. The number of carbonyl (C=O) groups is 1. The first-order valence-electron chi connectivity index (χ1n) is 16.8. The highest BCUT2D eigenvalue weighted by Crippen LogP contribution is 2.52. The third-order valence-corrected chi connectivity index (χ3v) is 10.1. The summed E-state index contributed by atoms with van der Waals surface area (Å²) in [4.78, 5) is 15.0. The summed E-state index contributed by atoms with van der Waals surface area (Å²) in [6.07, 6.45) is 8.92. The molecule has 0 bridgehead atoms. The number of hydrogen-bond acceptors (Lipinski definition) is 7. The van der Waals surface area contributed by atoms with E-state index in [0.717, 1.165) is 48.9 Å². The lowest BCUT2D eigenvalue weighted by Crippen LogP contribution is -2.26. The lowest BCUT2D eigenvalue weighted by atomic mass is 9.95. The van der Waals surface area contributed by atoms with Crippen LogP contribution in [0.5, 0.6) is 0 Å². The second-order valence-electron chi connectivity index (χ2n) is 12.2. The molecule has 0 amide bonds. The molecule has 256 valence electrons. The SMILES string of the molecule is C=CC.COS(=O)(=O)CCCOC(=O)/C(C#N)=C/c1ccc2c(c1)C1CCCC1N2c1ccc(C=C(c2ccccc2)c2ccccc2)cc1. The van der Waals surface area contributed by atoms with Gasteiger partial charge in [0.25, 0.3) is 10.1 Å². The summed E-state index contributed by atoms with van der Waals surface area (Å²) in [5, 5.41) is 9.68. The third kappa shape index (κ3) is 8.67. The predicted octanol–water partition coefficient (Wildman–Crippen LogP) is 9.07. The summed E-state index contributed by atoms with van der Waals surface area (Å²) in [5.74, 6) is -0.686. The molecule has 2 atom stereocenters. The Bertz CT molecular complexity index is 1960. The standard InChI is InChI=1S/C39H36N2O5S.C3H6/c1-45-47(43,44)23-9-22-46-39(42)32(27-40)24-29-18-21-38-36(26-29)34-14-8-15-37(34)41(38)33-19-16-28(17-20-33)25-35(30-10-4-2-5-11-30)31-12-6-3-7-13-31;1-3-2/h2-7,10-13,16-21,24-26,34,37H,8-9,14-15,22-23H2,1H3;3H,1H2,2H3/b32-24+;. The van der Waals surface area contributed by atoms with Gasteiger partial charge >= 0.3 is 5.97 Å². The van der Waals surface area contributed by atoms with E-state index in [2.05, 4.69) is 107 Å². The van der Waals surface area contributed by atoms with Gasteiger partial charge in [-0.1, -0.05) is 91.4 Å². The zero-order valence-corrected chi connectivity index (χ0v) is 29.3. The van der Waals surface area contributed by atoms with Crippen molar-refractivity contribution in [1.82, 2.24) is 0 Å². The molecule has 1 heterocycles. The van der Waals surface area contributed by atoms with Crippen molar-refractivity contribution < 1.29 is 22.1 Å². The average Bonchev–Trinajstić information content (AvgIpc) is 3.74. The quantitative estimate of drug-likeness (QED) is 0.0295. The van der Waals surface area contributed by atoms with Crippen molar-refractivity contribution in [2.45, 2.75) is 44.6 Å². The number of hydrogen-bond donors (Lipinski definition) is 0. The first-order chi connectivity index (χ1) is 24.3. The zero-order chi connectivity index (χ0) is 35.5. The van der Waals surface area contributed by atoms with Gasteiger partial charge in [-0.3, -0.25) is 4.18 Å². The fraction of sp³-hybridized carbons (Fsp3) is 0.238. The highest BCUT2D eigenvalue weighted by Gasteiger charge is 2.42. The normalized spacial score (nSPS) is 16.3. The largest absolute Gasteiger partial charge is 0.462 e. The maximum atomic E-state index is 12.6. The van der Waals surface area contributed by atoms with Crippen LogP contribution < -0.4 is 4.90 Å². The van der Waals surface area contributed by atoms with Crippen molar-refractivity contribution in [2.24, 2.45) is 0 Å². The minimum atomic E-state index is -3.64. The van der Waals surface area contributed by atoms with E-state index < -0.39 is 16.1 Å². The van der Waals surface area contributed by atoms with Gasteiger partial charge < -0.3 is 9.64 Å². The van der Waals surface area contributed by atoms with Gasteiger partial charge in [0.15, 0.2) is 0 Å². The summed E-state index contributed by atoms with van der Waals surface area (Å²) in [6.45, 7) is 5.12. The maximum Gasteiger partial charge on any atom is 0.348 e. The van der Waals surface area contributed by atoms with Gasteiger partial charge in [0.2, 0.25) is 0 Å². The molecule has 0 aromatic heterocycles. The van der Waals surface area contributed by atoms with Crippen LogP contribution in [0.25, 0.3) is 17.7 Å². The van der Waals surface area contributed by atoms with Crippen LogP contribution >= 0.6 is 0 Å². The minimum Gasteiger partial charge on any atom is -0.462 e.